The van der Waals surface area contributed by atoms with Crippen LogP contribution in [-0.4, -0.2) is 13.1 Å². The lowest BCUT2D eigenvalue weighted by atomic mass is 9.93. The van der Waals surface area contributed by atoms with Crippen molar-refractivity contribution in [3.8, 4) is 0 Å². The molecule has 0 aromatic rings. The fraction of sp³-hybridized carbons (Fsp3) is 1.00. The summed E-state index contributed by atoms with van der Waals surface area (Å²) in [5, 5.41) is 3.45. The third kappa shape index (κ3) is 7.37. The minimum Gasteiger partial charge on any atom is -0.317 e. The molecule has 0 spiro atoms. The Morgan fingerprint density at radius 3 is 2.07 bits per heavy atom. The van der Waals surface area contributed by atoms with Gasteiger partial charge in [0.1, 0.15) is 0 Å². The van der Waals surface area contributed by atoms with E-state index in [1.807, 2.05) is 0 Å². The topological polar surface area (TPSA) is 12.0 Å². The van der Waals surface area contributed by atoms with Crippen LogP contribution in [-0.2, 0) is 0 Å². The Kier molecular flexibility index (Phi) is 8.26. The van der Waals surface area contributed by atoms with Gasteiger partial charge in [0, 0.05) is 6.04 Å². The summed E-state index contributed by atoms with van der Waals surface area (Å²) >= 11 is 0. The van der Waals surface area contributed by atoms with E-state index in [4.69, 9.17) is 0 Å². The second-order valence-corrected chi connectivity index (χ2v) is 5.09. The highest BCUT2D eigenvalue weighted by Gasteiger charge is 2.11. The minimum absolute atomic E-state index is 0.735. The number of hydrogen-bond acceptors (Lipinski definition) is 1. The normalized spacial score (nSPS) is 15.9. The molecule has 0 aromatic carbocycles. The monoisotopic (exact) mass is 199 g/mol. The summed E-state index contributed by atoms with van der Waals surface area (Å²) in [5.41, 5.74) is 0. The maximum Gasteiger partial charge on any atom is 0.00666 e. The standard InChI is InChI=1S/C13H29N/c1-6-7-12(4)10-13(14-5)9-8-11(2)3/h11-14H,6-10H2,1-5H3. The summed E-state index contributed by atoms with van der Waals surface area (Å²) in [4.78, 5) is 0. The Hall–Kier alpha value is -0.0400. The van der Waals surface area contributed by atoms with Gasteiger partial charge in [-0.3, -0.25) is 0 Å². The summed E-state index contributed by atoms with van der Waals surface area (Å²) in [7, 11) is 2.10. The average molecular weight is 199 g/mol. The van der Waals surface area contributed by atoms with Gasteiger partial charge < -0.3 is 5.32 Å². The van der Waals surface area contributed by atoms with Crippen LogP contribution in [0.25, 0.3) is 0 Å². The second kappa shape index (κ2) is 8.28. The Labute approximate surface area is 90.7 Å². The lowest BCUT2D eigenvalue weighted by molar-refractivity contribution is 0.362. The molecule has 0 aliphatic carbocycles. The third-order valence-corrected chi connectivity index (χ3v) is 2.97. The summed E-state index contributed by atoms with van der Waals surface area (Å²) in [6.07, 6.45) is 6.73. The molecule has 0 amide bonds. The Morgan fingerprint density at radius 1 is 1.00 bits per heavy atom. The molecule has 1 N–H and O–H groups in total. The van der Waals surface area contributed by atoms with Gasteiger partial charge in [-0.25, -0.2) is 0 Å². The van der Waals surface area contributed by atoms with Crippen LogP contribution in [0.3, 0.4) is 0 Å². The van der Waals surface area contributed by atoms with Crippen LogP contribution in [0.15, 0.2) is 0 Å². The molecule has 2 unspecified atom stereocenters. The van der Waals surface area contributed by atoms with Gasteiger partial charge in [0.05, 0.1) is 0 Å². The van der Waals surface area contributed by atoms with Gasteiger partial charge in [0.15, 0.2) is 0 Å². The van der Waals surface area contributed by atoms with Gasteiger partial charge in [0.25, 0.3) is 0 Å². The van der Waals surface area contributed by atoms with Gasteiger partial charge in [-0.05, 0) is 38.1 Å². The van der Waals surface area contributed by atoms with Crippen molar-refractivity contribution in [1.29, 1.82) is 0 Å². The van der Waals surface area contributed by atoms with Crippen LogP contribution in [0.1, 0.15) is 59.8 Å². The molecule has 0 rings (SSSR count). The molecule has 0 aliphatic heterocycles. The SMILES string of the molecule is CCCC(C)CC(CCC(C)C)NC. The van der Waals surface area contributed by atoms with Crippen LogP contribution in [0.5, 0.6) is 0 Å². The molecular formula is C13H29N. The number of nitrogens with one attached hydrogen (secondary N) is 1. The Morgan fingerprint density at radius 2 is 1.64 bits per heavy atom. The van der Waals surface area contributed by atoms with E-state index in [-0.39, 0.29) is 0 Å². The van der Waals surface area contributed by atoms with Gasteiger partial charge >= 0.3 is 0 Å². The van der Waals surface area contributed by atoms with Gasteiger partial charge in [-0.15, -0.1) is 0 Å². The average Bonchev–Trinajstić information content (AvgIpc) is 2.12. The number of rotatable bonds is 8. The van der Waals surface area contributed by atoms with Crippen LogP contribution >= 0.6 is 0 Å². The van der Waals surface area contributed by atoms with Crippen molar-refractivity contribution < 1.29 is 0 Å². The summed E-state index contributed by atoms with van der Waals surface area (Å²) in [5.74, 6) is 1.72. The van der Waals surface area contributed by atoms with Crippen LogP contribution in [0.4, 0.5) is 0 Å². The van der Waals surface area contributed by atoms with Crippen molar-refractivity contribution >= 4 is 0 Å². The van der Waals surface area contributed by atoms with E-state index >= 15 is 0 Å². The first-order valence-corrected chi connectivity index (χ1v) is 6.27. The molecule has 0 heterocycles. The van der Waals surface area contributed by atoms with Crippen LogP contribution in [0.2, 0.25) is 0 Å². The van der Waals surface area contributed by atoms with E-state index in [0.29, 0.717) is 0 Å². The predicted octanol–water partition coefficient (Wildman–Crippen LogP) is 3.84. The molecule has 86 valence electrons. The molecule has 2 atom stereocenters. The lowest BCUT2D eigenvalue weighted by Gasteiger charge is -2.21. The van der Waals surface area contributed by atoms with E-state index in [9.17, 15) is 0 Å². The van der Waals surface area contributed by atoms with Gasteiger partial charge in [0.2, 0.25) is 0 Å². The molecule has 0 aliphatic rings. The molecule has 0 fully saturated rings. The fourth-order valence-corrected chi connectivity index (χ4v) is 2.01. The predicted molar refractivity (Wildman–Crippen MR) is 65.6 cm³/mol. The summed E-state index contributed by atoms with van der Waals surface area (Å²) in [6, 6.07) is 0.735. The van der Waals surface area contributed by atoms with E-state index in [1.165, 1.54) is 32.1 Å². The third-order valence-electron chi connectivity index (χ3n) is 2.97. The second-order valence-electron chi connectivity index (χ2n) is 5.09. The van der Waals surface area contributed by atoms with E-state index in [1.54, 1.807) is 0 Å². The largest absolute Gasteiger partial charge is 0.317 e. The molecule has 1 heteroatoms. The van der Waals surface area contributed by atoms with Crippen LogP contribution < -0.4 is 5.32 Å². The van der Waals surface area contributed by atoms with E-state index in [0.717, 1.165) is 17.9 Å². The van der Waals surface area contributed by atoms with Crippen molar-refractivity contribution in [2.75, 3.05) is 7.05 Å². The first-order chi connectivity index (χ1) is 6.60. The maximum atomic E-state index is 3.45. The van der Waals surface area contributed by atoms with Crippen molar-refractivity contribution in [3.63, 3.8) is 0 Å². The summed E-state index contributed by atoms with van der Waals surface area (Å²) in [6.45, 7) is 9.27. The highest BCUT2D eigenvalue weighted by Crippen LogP contribution is 2.17. The minimum atomic E-state index is 0.735. The molecule has 0 radical (unpaired) electrons. The fourth-order valence-electron chi connectivity index (χ4n) is 2.01. The molecule has 0 aromatic heterocycles. The molecule has 0 saturated carbocycles. The van der Waals surface area contributed by atoms with E-state index in [2.05, 4.69) is 40.1 Å². The first-order valence-electron chi connectivity index (χ1n) is 6.27. The molecule has 1 nitrogen and oxygen atoms in total. The molecule has 0 saturated heterocycles. The molecule has 0 bridgehead atoms. The quantitative estimate of drug-likeness (QED) is 0.626. The van der Waals surface area contributed by atoms with Crippen molar-refractivity contribution in [3.05, 3.63) is 0 Å². The molecular weight excluding hydrogens is 170 g/mol. The van der Waals surface area contributed by atoms with Crippen molar-refractivity contribution in [1.82, 2.24) is 5.32 Å². The zero-order chi connectivity index (χ0) is 11.0. The zero-order valence-corrected chi connectivity index (χ0v) is 10.8. The lowest BCUT2D eigenvalue weighted by Crippen LogP contribution is -2.27. The van der Waals surface area contributed by atoms with Crippen LogP contribution in [0, 0.1) is 11.8 Å². The van der Waals surface area contributed by atoms with Gasteiger partial charge in [-0.2, -0.15) is 0 Å². The highest BCUT2D eigenvalue weighted by molar-refractivity contribution is 4.69. The Balaban J connectivity index is 3.66. The van der Waals surface area contributed by atoms with Gasteiger partial charge in [-0.1, -0.05) is 40.5 Å². The van der Waals surface area contributed by atoms with E-state index < -0.39 is 0 Å². The number of hydrogen-bond donors (Lipinski definition) is 1. The Bertz CT molecular complexity index is 120. The maximum absolute atomic E-state index is 3.45. The highest BCUT2D eigenvalue weighted by atomic mass is 14.9. The zero-order valence-electron chi connectivity index (χ0n) is 10.8. The van der Waals surface area contributed by atoms with Crippen molar-refractivity contribution in [2.24, 2.45) is 11.8 Å². The smallest absolute Gasteiger partial charge is 0.00666 e. The van der Waals surface area contributed by atoms with Crippen molar-refractivity contribution in [2.45, 2.75) is 65.8 Å². The first kappa shape index (κ1) is 14.0. The summed E-state index contributed by atoms with van der Waals surface area (Å²) < 4.78 is 0. The molecule has 14 heavy (non-hydrogen) atoms.